The van der Waals surface area contributed by atoms with Crippen molar-refractivity contribution in [1.82, 2.24) is 4.90 Å². The quantitative estimate of drug-likeness (QED) is 0.774. The third-order valence-electron chi connectivity index (χ3n) is 5.23. The molecule has 7 heteroatoms. The van der Waals surface area contributed by atoms with Crippen molar-refractivity contribution in [3.8, 4) is 0 Å². The molecule has 136 valence electrons. The van der Waals surface area contributed by atoms with Gasteiger partial charge in [-0.2, -0.15) is 0 Å². The van der Waals surface area contributed by atoms with Gasteiger partial charge in [-0.15, -0.1) is 0 Å². The van der Waals surface area contributed by atoms with Crippen LogP contribution >= 0.6 is 11.6 Å². The highest BCUT2D eigenvalue weighted by atomic mass is 35.5. The molecular weight excluding hydrogens is 340 g/mol. The second-order valence-corrected chi connectivity index (χ2v) is 7.41. The number of piperazine rings is 1. The number of carbonyl (C=O) groups excluding carboxylic acids is 2. The van der Waals surface area contributed by atoms with Gasteiger partial charge in [-0.05, 0) is 31.0 Å². The number of nitrogens with zero attached hydrogens (tertiary/aromatic N) is 2. The first kappa shape index (κ1) is 18.0. The van der Waals surface area contributed by atoms with Crippen molar-refractivity contribution in [2.75, 3.05) is 50.7 Å². The molecule has 1 aromatic rings. The number of carbonyl (C=O) groups is 2. The molecule has 2 heterocycles. The van der Waals surface area contributed by atoms with Crippen LogP contribution in [0.1, 0.15) is 12.8 Å². The first-order valence-electron chi connectivity index (χ1n) is 8.94. The van der Waals surface area contributed by atoms with E-state index in [4.69, 9.17) is 17.3 Å². The third kappa shape index (κ3) is 4.64. The Kier molecular flexibility index (Phi) is 5.81. The van der Waals surface area contributed by atoms with E-state index in [0.29, 0.717) is 13.1 Å². The van der Waals surface area contributed by atoms with Crippen LogP contribution in [0.3, 0.4) is 0 Å². The van der Waals surface area contributed by atoms with Gasteiger partial charge in [0.15, 0.2) is 6.54 Å². The van der Waals surface area contributed by atoms with Gasteiger partial charge < -0.3 is 20.4 Å². The maximum absolute atomic E-state index is 12.6. The summed E-state index contributed by atoms with van der Waals surface area (Å²) < 4.78 is 0. The molecule has 0 bridgehead atoms. The summed E-state index contributed by atoms with van der Waals surface area (Å²) in [5.74, 6) is -0.151. The molecular formula is C18H26ClN4O2+. The number of nitrogens with one attached hydrogen (secondary N) is 1. The van der Waals surface area contributed by atoms with Crippen LogP contribution in [-0.4, -0.2) is 62.5 Å². The fraction of sp³-hybridized carbons (Fsp3) is 0.556. The number of primary amides is 1. The Bertz CT molecular complexity index is 631. The van der Waals surface area contributed by atoms with Crippen LogP contribution in [0.15, 0.2) is 24.3 Å². The van der Waals surface area contributed by atoms with Crippen LogP contribution in [-0.2, 0) is 9.59 Å². The van der Waals surface area contributed by atoms with E-state index in [0.717, 1.165) is 56.3 Å². The molecule has 2 amide bonds. The molecule has 1 aromatic carbocycles. The number of amides is 2. The fourth-order valence-corrected chi connectivity index (χ4v) is 3.95. The Morgan fingerprint density at radius 2 is 2.00 bits per heavy atom. The minimum atomic E-state index is -0.236. The smallest absolute Gasteiger partial charge is 0.277 e. The van der Waals surface area contributed by atoms with Crippen molar-refractivity contribution in [1.29, 1.82) is 0 Å². The van der Waals surface area contributed by atoms with Crippen LogP contribution in [0.4, 0.5) is 5.69 Å². The topological polar surface area (TPSA) is 71.1 Å². The summed E-state index contributed by atoms with van der Waals surface area (Å²) in [5.41, 5.74) is 6.52. The third-order valence-corrected chi connectivity index (χ3v) is 5.46. The first-order chi connectivity index (χ1) is 12.0. The zero-order valence-corrected chi connectivity index (χ0v) is 15.2. The number of likely N-dealkylation sites (tertiary alicyclic amines) is 1. The average molecular weight is 366 g/mol. The average Bonchev–Trinajstić information content (AvgIpc) is 2.62. The molecule has 0 aromatic heterocycles. The molecule has 2 fully saturated rings. The van der Waals surface area contributed by atoms with E-state index in [1.165, 1.54) is 4.90 Å². The van der Waals surface area contributed by atoms with Crippen molar-refractivity contribution in [3.05, 3.63) is 29.3 Å². The number of hydrogen-bond acceptors (Lipinski definition) is 3. The Morgan fingerprint density at radius 1 is 1.24 bits per heavy atom. The van der Waals surface area contributed by atoms with Gasteiger partial charge >= 0.3 is 0 Å². The molecule has 2 atom stereocenters. The zero-order chi connectivity index (χ0) is 17.8. The molecule has 0 spiro atoms. The Hall–Kier alpha value is -1.79. The highest BCUT2D eigenvalue weighted by molar-refractivity contribution is 6.30. The molecule has 0 radical (unpaired) electrons. The van der Waals surface area contributed by atoms with Gasteiger partial charge in [0, 0.05) is 36.9 Å². The number of halogens is 1. The van der Waals surface area contributed by atoms with Crippen LogP contribution in [0, 0.1) is 5.92 Å². The van der Waals surface area contributed by atoms with Gasteiger partial charge in [-0.3, -0.25) is 9.59 Å². The van der Waals surface area contributed by atoms with Crippen LogP contribution < -0.4 is 15.5 Å². The SMILES string of the molecule is NC(=O)[C@H]1CCC[NH+](CC(=O)N2CCN(c3cccc(Cl)c3)CC2)C1. The van der Waals surface area contributed by atoms with E-state index < -0.39 is 0 Å². The summed E-state index contributed by atoms with van der Waals surface area (Å²) in [6.45, 7) is 5.15. The lowest BCUT2D eigenvalue weighted by Gasteiger charge is -2.37. The summed E-state index contributed by atoms with van der Waals surface area (Å²) >= 11 is 6.06. The zero-order valence-electron chi connectivity index (χ0n) is 14.4. The summed E-state index contributed by atoms with van der Waals surface area (Å²) in [7, 11) is 0. The number of anilines is 1. The number of hydrogen-bond donors (Lipinski definition) is 2. The normalized spacial score (nSPS) is 24.2. The minimum Gasteiger partial charge on any atom is -0.369 e. The summed E-state index contributed by atoms with van der Waals surface area (Å²) in [6.07, 6.45) is 1.81. The van der Waals surface area contributed by atoms with E-state index in [9.17, 15) is 9.59 Å². The largest absolute Gasteiger partial charge is 0.369 e. The molecule has 1 unspecified atom stereocenters. The van der Waals surface area contributed by atoms with E-state index in [2.05, 4.69) is 4.90 Å². The molecule has 0 saturated carbocycles. The highest BCUT2D eigenvalue weighted by Crippen LogP contribution is 2.20. The van der Waals surface area contributed by atoms with Gasteiger partial charge in [0.25, 0.3) is 5.91 Å². The predicted octanol–water partition coefficient (Wildman–Crippen LogP) is -0.231. The number of nitrogens with two attached hydrogens (primary N) is 1. The van der Waals surface area contributed by atoms with Crippen molar-refractivity contribution in [2.24, 2.45) is 11.7 Å². The number of quaternary nitrogens is 1. The lowest BCUT2D eigenvalue weighted by molar-refractivity contribution is -0.899. The maximum Gasteiger partial charge on any atom is 0.277 e. The maximum atomic E-state index is 12.6. The molecule has 6 nitrogen and oxygen atoms in total. The molecule has 2 saturated heterocycles. The van der Waals surface area contributed by atoms with E-state index in [-0.39, 0.29) is 17.7 Å². The van der Waals surface area contributed by atoms with Crippen LogP contribution in [0.25, 0.3) is 0 Å². The number of piperidine rings is 1. The lowest BCUT2D eigenvalue weighted by atomic mass is 9.97. The Morgan fingerprint density at radius 3 is 2.68 bits per heavy atom. The molecule has 2 aliphatic rings. The lowest BCUT2D eigenvalue weighted by Crippen LogP contribution is -3.15. The Labute approximate surface area is 153 Å². The molecule has 3 N–H and O–H groups in total. The number of benzene rings is 1. The molecule has 2 aliphatic heterocycles. The monoisotopic (exact) mass is 365 g/mol. The van der Waals surface area contributed by atoms with Gasteiger partial charge in [0.1, 0.15) is 0 Å². The van der Waals surface area contributed by atoms with Crippen molar-refractivity contribution < 1.29 is 14.5 Å². The molecule has 25 heavy (non-hydrogen) atoms. The Balaban J connectivity index is 1.49. The minimum absolute atomic E-state index is 0.0868. The molecule has 3 rings (SSSR count). The summed E-state index contributed by atoms with van der Waals surface area (Å²) in [5, 5.41) is 0.730. The van der Waals surface area contributed by atoms with Gasteiger partial charge in [-0.25, -0.2) is 0 Å². The summed E-state index contributed by atoms with van der Waals surface area (Å²) in [6, 6.07) is 7.82. The van der Waals surface area contributed by atoms with Crippen molar-refractivity contribution >= 4 is 29.1 Å². The fourth-order valence-electron chi connectivity index (χ4n) is 3.77. The van der Waals surface area contributed by atoms with Crippen molar-refractivity contribution in [2.45, 2.75) is 12.8 Å². The van der Waals surface area contributed by atoms with Crippen LogP contribution in [0.2, 0.25) is 5.02 Å². The predicted molar refractivity (Wildman–Crippen MR) is 97.7 cm³/mol. The van der Waals surface area contributed by atoms with E-state index >= 15 is 0 Å². The van der Waals surface area contributed by atoms with Gasteiger partial charge in [-0.1, -0.05) is 17.7 Å². The van der Waals surface area contributed by atoms with E-state index in [1.807, 2.05) is 29.2 Å². The van der Waals surface area contributed by atoms with E-state index in [1.54, 1.807) is 0 Å². The summed E-state index contributed by atoms with van der Waals surface area (Å²) in [4.78, 5) is 29.3. The van der Waals surface area contributed by atoms with Gasteiger partial charge in [0.2, 0.25) is 5.91 Å². The second-order valence-electron chi connectivity index (χ2n) is 6.97. The van der Waals surface area contributed by atoms with Crippen molar-refractivity contribution in [3.63, 3.8) is 0 Å². The van der Waals surface area contributed by atoms with Gasteiger partial charge in [0.05, 0.1) is 19.0 Å². The van der Waals surface area contributed by atoms with Crippen LogP contribution in [0.5, 0.6) is 0 Å². The highest BCUT2D eigenvalue weighted by Gasteiger charge is 2.30. The molecule has 0 aliphatic carbocycles. The second kappa shape index (κ2) is 8.06. The standard InChI is InChI=1S/C18H25ClN4O2/c19-15-4-1-5-16(11-15)22-7-9-23(10-8-22)17(24)13-21-6-2-3-14(12-21)18(20)25/h1,4-5,11,14H,2-3,6-10,12-13H2,(H2,20,25)/p+1/t14-/m0/s1. The number of rotatable bonds is 4. The first-order valence-corrected chi connectivity index (χ1v) is 9.32.